The van der Waals surface area contributed by atoms with Gasteiger partial charge in [-0.3, -0.25) is 4.79 Å². The Morgan fingerprint density at radius 3 is 2.58 bits per heavy atom. The van der Waals surface area contributed by atoms with E-state index in [1.807, 2.05) is 32.1 Å². The maximum absolute atomic E-state index is 12.4. The fourth-order valence-electron chi connectivity index (χ4n) is 4.29. The van der Waals surface area contributed by atoms with Gasteiger partial charge >= 0.3 is 0 Å². The van der Waals surface area contributed by atoms with Gasteiger partial charge in [0, 0.05) is 43.3 Å². The first-order chi connectivity index (χ1) is 14.9. The molecule has 0 aromatic heterocycles. The predicted octanol–water partition coefficient (Wildman–Crippen LogP) is 6.80. The lowest BCUT2D eigenvalue weighted by atomic mass is 9.78. The van der Waals surface area contributed by atoms with Crippen LogP contribution in [0.4, 0.5) is 0 Å². The third kappa shape index (κ3) is 9.57. The quantitative estimate of drug-likeness (QED) is 0.201. The highest BCUT2D eigenvalue weighted by molar-refractivity contribution is 5.80. The third-order valence-electron chi connectivity index (χ3n) is 5.92. The van der Waals surface area contributed by atoms with E-state index in [4.69, 9.17) is 4.74 Å². The molecule has 1 rings (SSSR count). The van der Waals surface area contributed by atoms with E-state index in [0.29, 0.717) is 25.2 Å². The third-order valence-corrected chi connectivity index (χ3v) is 5.92. The van der Waals surface area contributed by atoms with Gasteiger partial charge in [0.25, 0.3) is 0 Å². The Labute approximate surface area is 190 Å². The van der Waals surface area contributed by atoms with Crippen molar-refractivity contribution in [2.24, 2.45) is 5.92 Å². The molecular formula is C28H41NO2. The number of hydrogen-bond acceptors (Lipinski definition) is 3. The highest BCUT2D eigenvalue weighted by atomic mass is 16.5. The van der Waals surface area contributed by atoms with Gasteiger partial charge in [0.05, 0.1) is 5.60 Å². The average molecular weight is 424 g/mol. The second-order valence-corrected chi connectivity index (χ2v) is 8.28. The number of rotatable bonds is 13. The number of ether oxygens (including phenoxy) is 1. The standard InChI is InChI=1S/C28H41NO2/c1-7-14-23(4)29-24(5)19-20-25(9-3)16-12-13-21-28(31-6,22-27(30)15-8-2)26-17-10-11-18-26/h8-9,14,19-20,26,29H,2,5,7,10-11,13,15,17-18,21-22H2,1,3-4,6H3/b20-19-,23-14+,25-9-. The van der Waals surface area contributed by atoms with E-state index in [1.165, 1.54) is 12.8 Å². The SMILES string of the molecule is C=CCC(=O)CC(CCC#CC(/C=C\C(=C)N/C(C)=C/CC)=C/C)(OC)C1CCCC1. The zero-order valence-electron chi connectivity index (χ0n) is 20.1. The number of ketones is 1. The lowest BCUT2D eigenvalue weighted by Gasteiger charge is -2.37. The van der Waals surface area contributed by atoms with Crippen LogP contribution in [-0.2, 0) is 9.53 Å². The van der Waals surface area contributed by atoms with Crippen molar-refractivity contribution in [2.45, 2.75) is 84.2 Å². The largest absolute Gasteiger partial charge is 0.377 e. The summed E-state index contributed by atoms with van der Waals surface area (Å²) in [6, 6.07) is 0. The number of Topliss-reactive ketones (excluding diaryl/α,β-unsaturated/α-hetero) is 1. The second kappa shape index (κ2) is 14.7. The van der Waals surface area contributed by atoms with Crippen molar-refractivity contribution in [2.75, 3.05) is 7.11 Å². The van der Waals surface area contributed by atoms with Crippen molar-refractivity contribution in [3.05, 3.63) is 60.5 Å². The molecular weight excluding hydrogens is 382 g/mol. The van der Waals surface area contributed by atoms with E-state index in [9.17, 15) is 4.79 Å². The Morgan fingerprint density at radius 1 is 1.29 bits per heavy atom. The number of carbonyl (C=O) groups is 1. The van der Waals surface area contributed by atoms with Gasteiger partial charge in [-0.15, -0.1) is 6.58 Å². The molecule has 1 aliphatic rings. The fourth-order valence-corrected chi connectivity index (χ4v) is 4.29. The van der Waals surface area contributed by atoms with Gasteiger partial charge in [0.1, 0.15) is 5.78 Å². The molecule has 3 heteroatoms. The molecule has 170 valence electrons. The summed E-state index contributed by atoms with van der Waals surface area (Å²) in [5.74, 6) is 7.18. The van der Waals surface area contributed by atoms with E-state index in [1.54, 1.807) is 13.2 Å². The van der Waals surface area contributed by atoms with E-state index in [-0.39, 0.29) is 5.78 Å². The Balaban J connectivity index is 2.78. The van der Waals surface area contributed by atoms with Crippen LogP contribution in [0.15, 0.2) is 60.5 Å². The first-order valence-electron chi connectivity index (χ1n) is 11.5. The summed E-state index contributed by atoms with van der Waals surface area (Å²) in [7, 11) is 1.75. The fraction of sp³-hybridized carbons (Fsp3) is 0.536. The van der Waals surface area contributed by atoms with Crippen LogP contribution in [0.3, 0.4) is 0 Å². The van der Waals surface area contributed by atoms with Gasteiger partial charge in [-0.05, 0) is 57.6 Å². The van der Waals surface area contributed by atoms with Crippen LogP contribution >= 0.6 is 0 Å². The van der Waals surface area contributed by atoms with E-state index < -0.39 is 5.60 Å². The molecule has 1 fully saturated rings. The second-order valence-electron chi connectivity index (χ2n) is 8.28. The van der Waals surface area contributed by atoms with E-state index >= 15 is 0 Å². The minimum absolute atomic E-state index is 0.201. The van der Waals surface area contributed by atoms with Crippen LogP contribution in [0.1, 0.15) is 78.6 Å². The van der Waals surface area contributed by atoms with Crippen LogP contribution < -0.4 is 5.32 Å². The molecule has 0 amide bonds. The number of allylic oxidation sites excluding steroid dienone is 7. The van der Waals surface area contributed by atoms with Gasteiger partial charge < -0.3 is 10.1 Å². The predicted molar refractivity (Wildman–Crippen MR) is 132 cm³/mol. The maximum Gasteiger partial charge on any atom is 0.139 e. The molecule has 0 spiro atoms. The number of hydrogen-bond donors (Lipinski definition) is 1. The smallest absolute Gasteiger partial charge is 0.139 e. The average Bonchev–Trinajstić information content (AvgIpc) is 3.28. The van der Waals surface area contributed by atoms with Gasteiger partial charge in [-0.25, -0.2) is 0 Å². The highest BCUT2D eigenvalue weighted by Crippen LogP contribution is 2.41. The van der Waals surface area contributed by atoms with Crippen molar-refractivity contribution in [1.29, 1.82) is 0 Å². The summed E-state index contributed by atoms with van der Waals surface area (Å²) in [5, 5.41) is 3.26. The molecule has 0 saturated heterocycles. The molecule has 1 unspecified atom stereocenters. The maximum atomic E-state index is 12.4. The zero-order valence-corrected chi connectivity index (χ0v) is 20.1. The summed E-state index contributed by atoms with van der Waals surface area (Å²) >= 11 is 0. The first kappa shape index (κ1) is 26.7. The summed E-state index contributed by atoms with van der Waals surface area (Å²) in [6.45, 7) is 13.9. The Kier molecular flexibility index (Phi) is 12.6. The molecule has 1 atom stereocenters. The van der Waals surface area contributed by atoms with E-state index in [0.717, 1.165) is 42.7 Å². The van der Waals surface area contributed by atoms with Crippen LogP contribution in [0, 0.1) is 17.8 Å². The monoisotopic (exact) mass is 423 g/mol. The van der Waals surface area contributed by atoms with Crippen LogP contribution in [0.2, 0.25) is 0 Å². The van der Waals surface area contributed by atoms with Crippen molar-refractivity contribution in [3.63, 3.8) is 0 Å². The van der Waals surface area contributed by atoms with Crippen molar-refractivity contribution in [3.8, 4) is 11.8 Å². The number of nitrogens with one attached hydrogen (secondary N) is 1. The van der Waals surface area contributed by atoms with Crippen LogP contribution in [0.25, 0.3) is 0 Å². The van der Waals surface area contributed by atoms with Crippen molar-refractivity contribution < 1.29 is 9.53 Å². The molecule has 1 aliphatic carbocycles. The first-order valence-corrected chi connectivity index (χ1v) is 11.5. The Morgan fingerprint density at radius 2 is 2.00 bits per heavy atom. The minimum Gasteiger partial charge on any atom is -0.377 e. The van der Waals surface area contributed by atoms with Gasteiger partial charge in [-0.2, -0.15) is 0 Å². The Bertz CT molecular complexity index is 754. The molecule has 1 saturated carbocycles. The lowest BCUT2D eigenvalue weighted by Crippen LogP contribution is -2.41. The zero-order chi connectivity index (χ0) is 23.1. The van der Waals surface area contributed by atoms with Gasteiger partial charge in [-0.1, -0.05) is 56.4 Å². The molecule has 0 bridgehead atoms. The Hall–Kier alpha value is -2.31. The molecule has 0 radical (unpaired) electrons. The lowest BCUT2D eigenvalue weighted by molar-refractivity contribution is -0.129. The van der Waals surface area contributed by atoms with Crippen molar-refractivity contribution in [1.82, 2.24) is 5.32 Å². The molecule has 0 aromatic rings. The summed E-state index contributed by atoms with van der Waals surface area (Å²) in [5.41, 5.74) is 2.48. The summed E-state index contributed by atoms with van der Waals surface area (Å²) < 4.78 is 6.03. The number of methoxy groups -OCH3 is 1. The van der Waals surface area contributed by atoms with E-state index in [2.05, 4.69) is 43.3 Å². The van der Waals surface area contributed by atoms with Crippen LogP contribution in [0.5, 0.6) is 0 Å². The normalized spacial score (nSPS) is 17.2. The molecule has 31 heavy (non-hydrogen) atoms. The molecule has 1 N–H and O–H groups in total. The van der Waals surface area contributed by atoms with Crippen molar-refractivity contribution >= 4 is 5.78 Å². The minimum atomic E-state index is -0.404. The molecule has 3 nitrogen and oxygen atoms in total. The van der Waals surface area contributed by atoms with Gasteiger partial charge in [0.15, 0.2) is 0 Å². The summed E-state index contributed by atoms with van der Waals surface area (Å²) in [4.78, 5) is 12.4. The number of carbonyl (C=O) groups excluding carboxylic acids is 1. The van der Waals surface area contributed by atoms with Gasteiger partial charge in [0.2, 0.25) is 0 Å². The highest BCUT2D eigenvalue weighted by Gasteiger charge is 2.41. The summed E-state index contributed by atoms with van der Waals surface area (Å²) in [6.07, 6.45) is 17.8. The molecule has 0 aliphatic heterocycles. The molecule has 0 aromatic carbocycles. The van der Waals surface area contributed by atoms with Crippen LogP contribution in [-0.4, -0.2) is 18.5 Å². The topological polar surface area (TPSA) is 38.3 Å². The molecule has 0 heterocycles.